The molecule has 4 N–H and O–H groups in total. The minimum Gasteiger partial charge on any atom is -0.478 e. The first-order valence-corrected chi connectivity index (χ1v) is 6.76. The zero-order valence-electron chi connectivity index (χ0n) is 12.6. The Hall–Kier alpha value is -1.92. The fraction of sp³-hybridized carbons (Fsp3) is 0.467. The number of hydrogen-bond acceptors (Lipinski definition) is 4. The van der Waals surface area contributed by atoms with Crippen LogP contribution in [0.2, 0.25) is 0 Å². The lowest BCUT2D eigenvalue weighted by molar-refractivity contribution is -0.117. The van der Waals surface area contributed by atoms with Gasteiger partial charge in [-0.2, -0.15) is 0 Å². The van der Waals surface area contributed by atoms with E-state index in [1.54, 1.807) is 27.0 Å². The van der Waals surface area contributed by atoms with Crippen molar-refractivity contribution >= 4 is 17.6 Å². The monoisotopic (exact) mass is 294 g/mol. The summed E-state index contributed by atoms with van der Waals surface area (Å²) in [5.74, 6) is -1.35. The molecule has 0 radical (unpaired) electrons. The Balaban J connectivity index is 2.78. The van der Waals surface area contributed by atoms with Crippen molar-refractivity contribution in [3.63, 3.8) is 0 Å². The molecule has 1 rings (SSSR count). The summed E-state index contributed by atoms with van der Waals surface area (Å²) in [6.45, 7) is 4.09. The Kier molecular flexibility index (Phi) is 6.33. The first kappa shape index (κ1) is 17.1. The maximum atomic E-state index is 12.0. The molecule has 0 aliphatic carbocycles. The molecule has 6 heteroatoms. The van der Waals surface area contributed by atoms with Crippen molar-refractivity contribution in [2.45, 2.75) is 32.7 Å². The Morgan fingerprint density at radius 3 is 2.62 bits per heavy atom. The summed E-state index contributed by atoms with van der Waals surface area (Å²) < 4.78 is 4.91. The van der Waals surface area contributed by atoms with Crippen LogP contribution in [-0.2, 0) is 9.53 Å². The van der Waals surface area contributed by atoms with Gasteiger partial charge in [0.15, 0.2) is 0 Å². The number of benzene rings is 1. The van der Waals surface area contributed by atoms with Crippen molar-refractivity contribution in [2.24, 2.45) is 5.73 Å². The van der Waals surface area contributed by atoms with Crippen LogP contribution in [0.1, 0.15) is 34.3 Å². The number of nitrogens with two attached hydrogens (primary N) is 1. The van der Waals surface area contributed by atoms with Gasteiger partial charge < -0.3 is 20.9 Å². The molecule has 0 saturated heterocycles. The van der Waals surface area contributed by atoms with Crippen LogP contribution in [0.3, 0.4) is 0 Å². The van der Waals surface area contributed by atoms with E-state index in [4.69, 9.17) is 15.6 Å². The molecule has 0 heterocycles. The van der Waals surface area contributed by atoms with Gasteiger partial charge in [-0.1, -0.05) is 0 Å². The number of carboxylic acids is 1. The number of aryl methyl sites for hydroxylation is 1. The van der Waals surface area contributed by atoms with Crippen molar-refractivity contribution in [3.05, 3.63) is 28.8 Å². The number of rotatable bonds is 7. The number of carbonyl (C=O) groups is 2. The molecule has 0 spiro atoms. The third-order valence-electron chi connectivity index (χ3n) is 3.37. The van der Waals surface area contributed by atoms with E-state index in [-0.39, 0.29) is 11.5 Å². The third-order valence-corrected chi connectivity index (χ3v) is 3.37. The van der Waals surface area contributed by atoms with E-state index in [2.05, 4.69) is 5.32 Å². The first-order valence-electron chi connectivity index (χ1n) is 6.76. The molecule has 0 aromatic heterocycles. The molecule has 6 nitrogen and oxygen atoms in total. The highest BCUT2D eigenvalue weighted by Crippen LogP contribution is 2.20. The van der Waals surface area contributed by atoms with Crippen molar-refractivity contribution < 1.29 is 19.4 Å². The second-order valence-corrected chi connectivity index (χ2v) is 5.00. The van der Waals surface area contributed by atoms with Gasteiger partial charge in [0, 0.05) is 19.4 Å². The number of hydrogen-bond donors (Lipinski definition) is 3. The molecular weight excluding hydrogens is 272 g/mol. The molecule has 1 unspecified atom stereocenters. The quantitative estimate of drug-likeness (QED) is 0.664. The highest BCUT2D eigenvalue weighted by molar-refractivity contribution is 5.97. The molecule has 0 fully saturated rings. The maximum absolute atomic E-state index is 12.0. The van der Waals surface area contributed by atoms with E-state index >= 15 is 0 Å². The Morgan fingerprint density at radius 2 is 2.05 bits per heavy atom. The topological polar surface area (TPSA) is 102 Å². The minimum atomic E-state index is -1.02. The normalized spacial score (nSPS) is 12.0. The molecule has 21 heavy (non-hydrogen) atoms. The predicted molar refractivity (Wildman–Crippen MR) is 80.6 cm³/mol. The van der Waals surface area contributed by atoms with Gasteiger partial charge in [0.2, 0.25) is 5.91 Å². The smallest absolute Gasteiger partial charge is 0.336 e. The highest BCUT2D eigenvalue weighted by Gasteiger charge is 2.16. The van der Waals surface area contributed by atoms with E-state index in [0.29, 0.717) is 30.7 Å². The minimum absolute atomic E-state index is 0.179. The number of amides is 1. The van der Waals surface area contributed by atoms with Crippen LogP contribution < -0.4 is 11.1 Å². The molecule has 116 valence electrons. The Morgan fingerprint density at radius 1 is 1.38 bits per heavy atom. The van der Waals surface area contributed by atoms with Gasteiger partial charge in [0.1, 0.15) is 0 Å². The molecule has 1 atom stereocenters. The zero-order chi connectivity index (χ0) is 16.0. The SMILES string of the molecule is COCCCC(N)C(=O)Nc1cc(C)c(C)c(C(=O)O)c1. The fourth-order valence-electron chi connectivity index (χ4n) is 1.97. The summed E-state index contributed by atoms with van der Waals surface area (Å²) in [5, 5.41) is 11.8. The van der Waals surface area contributed by atoms with E-state index in [9.17, 15) is 9.59 Å². The summed E-state index contributed by atoms with van der Waals surface area (Å²) in [7, 11) is 1.59. The van der Waals surface area contributed by atoms with Crippen molar-refractivity contribution in [2.75, 3.05) is 19.0 Å². The predicted octanol–water partition coefficient (Wildman–Crippen LogP) is 1.69. The number of carboxylic acid groups (broad SMARTS) is 1. The molecule has 0 bridgehead atoms. The van der Waals surface area contributed by atoms with Crippen LogP contribution in [0.5, 0.6) is 0 Å². The zero-order valence-corrected chi connectivity index (χ0v) is 12.6. The first-order chi connectivity index (χ1) is 9.86. The largest absolute Gasteiger partial charge is 0.478 e. The van der Waals surface area contributed by atoms with E-state index < -0.39 is 12.0 Å². The Labute approximate surface area is 124 Å². The molecule has 1 aromatic carbocycles. The maximum Gasteiger partial charge on any atom is 0.336 e. The van der Waals surface area contributed by atoms with Crippen LogP contribution >= 0.6 is 0 Å². The van der Waals surface area contributed by atoms with Gasteiger partial charge in [-0.3, -0.25) is 4.79 Å². The van der Waals surface area contributed by atoms with E-state index in [1.165, 1.54) is 6.07 Å². The van der Waals surface area contributed by atoms with E-state index in [0.717, 1.165) is 5.56 Å². The van der Waals surface area contributed by atoms with Crippen LogP contribution in [-0.4, -0.2) is 36.7 Å². The standard InChI is InChI=1S/C15H22N2O4/c1-9-7-11(8-12(10(9)2)15(19)20)17-14(18)13(16)5-4-6-21-3/h7-8,13H,4-6,16H2,1-3H3,(H,17,18)(H,19,20). The van der Waals surface area contributed by atoms with Crippen LogP contribution in [0.15, 0.2) is 12.1 Å². The highest BCUT2D eigenvalue weighted by atomic mass is 16.5. The van der Waals surface area contributed by atoms with Gasteiger partial charge >= 0.3 is 5.97 Å². The molecule has 1 aromatic rings. The number of nitrogens with one attached hydrogen (secondary N) is 1. The number of carbonyl (C=O) groups excluding carboxylic acids is 1. The van der Waals surface area contributed by atoms with Crippen LogP contribution in [0.4, 0.5) is 5.69 Å². The van der Waals surface area contributed by atoms with E-state index in [1.807, 2.05) is 0 Å². The summed E-state index contributed by atoms with van der Waals surface area (Å²) in [6, 6.07) is 2.54. The average molecular weight is 294 g/mol. The van der Waals surface area contributed by atoms with Crippen LogP contribution in [0, 0.1) is 13.8 Å². The van der Waals surface area contributed by atoms with Gasteiger partial charge in [-0.05, 0) is 49.9 Å². The molecule has 0 aliphatic rings. The van der Waals surface area contributed by atoms with Crippen molar-refractivity contribution in [1.29, 1.82) is 0 Å². The number of methoxy groups -OCH3 is 1. The second kappa shape index (κ2) is 7.75. The third kappa shape index (κ3) is 4.84. The average Bonchev–Trinajstić information content (AvgIpc) is 2.42. The second-order valence-electron chi connectivity index (χ2n) is 5.00. The van der Waals surface area contributed by atoms with Gasteiger partial charge in [0.05, 0.1) is 11.6 Å². The lowest BCUT2D eigenvalue weighted by atomic mass is 10.0. The summed E-state index contributed by atoms with van der Waals surface area (Å²) >= 11 is 0. The summed E-state index contributed by atoms with van der Waals surface area (Å²) in [5.41, 5.74) is 7.90. The summed E-state index contributed by atoms with van der Waals surface area (Å²) in [6.07, 6.45) is 1.20. The lowest BCUT2D eigenvalue weighted by Crippen LogP contribution is -2.35. The van der Waals surface area contributed by atoms with Crippen molar-refractivity contribution in [1.82, 2.24) is 0 Å². The molecular formula is C15H22N2O4. The fourth-order valence-corrected chi connectivity index (χ4v) is 1.97. The van der Waals surface area contributed by atoms with Gasteiger partial charge in [-0.25, -0.2) is 4.79 Å². The number of aromatic carboxylic acids is 1. The van der Waals surface area contributed by atoms with Crippen LogP contribution in [0.25, 0.3) is 0 Å². The summed E-state index contributed by atoms with van der Waals surface area (Å²) in [4.78, 5) is 23.1. The molecule has 1 amide bonds. The van der Waals surface area contributed by atoms with Crippen molar-refractivity contribution in [3.8, 4) is 0 Å². The molecule has 0 aliphatic heterocycles. The lowest BCUT2D eigenvalue weighted by Gasteiger charge is -2.14. The Bertz CT molecular complexity index is 529. The van der Waals surface area contributed by atoms with Gasteiger partial charge in [0.25, 0.3) is 0 Å². The number of ether oxygens (including phenoxy) is 1. The molecule has 0 saturated carbocycles. The number of anilines is 1. The van der Waals surface area contributed by atoms with Gasteiger partial charge in [-0.15, -0.1) is 0 Å².